The van der Waals surface area contributed by atoms with Crippen LogP contribution >= 0.6 is 11.3 Å². The zero-order chi connectivity index (χ0) is 22.5. The summed E-state index contributed by atoms with van der Waals surface area (Å²) in [6.45, 7) is 5.66. The Morgan fingerprint density at radius 3 is 2.41 bits per heavy atom. The van der Waals surface area contributed by atoms with E-state index in [0.29, 0.717) is 31.3 Å². The molecular weight excluding hydrogens is 422 g/mol. The van der Waals surface area contributed by atoms with E-state index in [1.165, 1.54) is 11.3 Å². The van der Waals surface area contributed by atoms with Crippen molar-refractivity contribution in [3.63, 3.8) is 0 Å². The van der Waals surface area contributed by atoms with Crippen LogP contribution < -0.4 is 4.90 Å². The summed E-state index contributed by atoms with van der Waals surface area (Å²) in [4.78, 5) is 29.8. The van der Waals surface area contributed by atoms with E-state index in [9.17, 15) is 9.59 Å². The van der Waals surface area contributed by atoms with Crippen molar-refractivity contribution in [2.45, 2.75) is 58.4 Å². The lowest BCUT2D eigenvalue weighted by Gasteiger charge is -2.37. The molecule has 1 aliphatic carbocycles. The third-order valence-corrected chi connectivity index (χ3v) is 7.83. The van der Waals surface area contributed by atoms with Crippen LogP contribution in [0.4, 0.5) is 5.00 Å². The number of amides is 1. The maximum absolute atomic E-state index is 13.9. The van der Waals surface area contributed by atoms with Gasteiger partial charge in [0, 0.05) is 30.1 Å². The highest BCUT2D eigenvalue weighted by atomic mass is 32.1. The first-order chi connectivity index (χ1) is 15.6. The molecule has 32 heavy (non-hydrogen) atoms. The minimum atomic E-state index is -0.358. The Kier molecular flexibility index (Phi) is 7.63. The molecule has 0 radical (unpaired) electrons. The average molecular weight is 456 g/mol. The fourth-order valence-corrected chi connectivity index (χ4v) is 5.98. The number of esters is 1. The predicted molar refractivity (Wildman–Crippen MR) is 128 cm³/mol. The van der Waals surface area contributed by atoms with E-state index in [1.54, 1.807) is 0 Å². The molecule has 1 saturated carbocycles. The van der Waals surface area contributed by atoms with E-state index in [0.717, 1.165) is 54.0 Å². The molecule has 4 rings (SSSR count). The normalized spacial score (nSPS) is 21.8. The Hall–Kier alpha value is -2.18. The van der Waals surface area contributed by atoms with Crippen molar-refractivity contribution in [1.29, 1.82) is 0 Å². The number of anilines is 1. The van der Waals surface area contributed by atoms with E-state index >= 15 is 0 Å². The van der Waals surface area contributed by atoms with Crippen LogP contribution in [0.2, 0.25) is 0 Å². The van der Waals surface area contributed by atoms with Gasteiger partial charge in [0.15, 0.2) is 0 Å². The van der Waals surface area contributed by atoms with Gasteiger partial charge in [-0.15, -0.1) is 11.3 Å². The summed E-state index contributed by atoms with van der Waals surface area (Å²) in [5.41, 5.74) is 1.54. The highest BCUT2D eigenvalue weighted by molar-refractivity contribution is 7.20. The topological polar surface area (TPSA) is 55.8 Å². The average Bonchev–Trinajstić information content (AvgIpc) is 3.26. The van der Waals surface area contributed by atoms with E-state index in [1.807, 2.05) is 48.2 Å². The first kappa shape index (κ1) is 23.0. The molecule has 1 aromatic carbocycles. The number of hydrogen-bond donors (Lipinski definition) is 0. The van der Waals surface area contributed by atoms with E-state index in [4.69, 9.17) is 9.47 Å². The molecule has 1 aromatic heterocycles. The quantitative estimate of drug-likeness (QED) is 0.507. The summed E-state index contributed by atoms with van der Waals surface area (Å²) >= 11 is 1.52. The van der Waals surface area contributed by atoms with Gasteiger partial charge in [0.25, 0.3) is 0 Å². The van der Waals surface area contributed by atoms with Crippen molar-refractivity contribution < 1.29 is 19.1 Å². The molecule has 1 amide bonds. The zero-order valence-electron chi connectivity index (χ0n) is 19.0. The third-order valence-electron chi connectivity index (χ3n) is 6.64. The molecule has 2 aliphatic rings. The van der Waals surface area contributed by atoms with Gasteiger partial charge >= 0.3 is 5.97 Å². The number of carbonyl (C=O) groups excluding carboxylic acids is 2. The molecule has 0 unspecified atom stereocenters. The SMILES string of the molecule is CCOC(=O)c1cc(-c2ccccc2)sc1N(C(=O)C1CCC(C)CC1)C1CCOCC1. The van der Waals surface area contributed by atoms with Gasteiger partial charge in [0.2, 0.25) is 5.91 Å². The Balaban J connectivity index is 1.75. The summed E-state index contributed by atoms with van der Waals surface area (Å²) in [5, 5.41) is 0.734. The molecule has 6 heteroatoms. The molecule has 2 fully saturated rings. The van der Waals surface area contributed by atoms with Crippen molar-refractivity contribution in [1.82, 2.24) is 0 Å². The highest BCUT2D eigenvalue weighted by Gasteiger charge is 2.37. The number of carbonyl (C=O) groups is 2. The van der Waals surface area contributed by atoms with E-state index in [2.05, 4.69) is 6.92 Å². The van der Waals surface area contributed by atoms with Crippen LogP contribution in [0, 0.1) is 11.8 Å². The van der Waals surface area contributed by atoms with Crippen LogP contribution in [0.5, 0.6) is 0 Å². The molecule has 172 valence electrons. The van der Waals surface area contributed by atoms with Crippen molar-refractivity contribution in [2.75, 3.05) is 24.7 Å². The monoisotopic (exact) mass is 455 g/mol. The van der Waals surface area contributed by atoms with Gasteiger partial charge in [-0.2, -0.15) is 0 Å². The lowest BCUT2D eigenvalue weighted by Crippen LogP contribution is -2.47. The second-order valence-corrected chi connectivity index (χ2v) is 9.96. The molecule has 1 aliphatic heterocycles. The predicted octanol–water partition coefficient (Wildman–Crippen LogP) is 5.93. The van der Waals surface area contributed by atoms with Crippen molar-refractivity contribution in [3.05, 3.63) is 42.0 Å². The van der Waals surface area contributed by atoms with Crippen LogP contribution in [0.25, 0.3) is 10.4 Å². The zero-order valence-corrected chi connectivity index (χ0v) is 19.9. The highest BCUT2D eigenvalue weighted by Crippen LogP contribution is 2.42. The number of hydrogen-bond acceptors (Lipinski definition) is 5. The molecule has 5 nitrogen and oxygen atoms in total. The molecule has 0 N–H and O–H groups in total. The molecule has 0 bridgehead atoms. The van der Waals surface area contributed by atoms with Crippen LogP contribution in [-0.2, 0) is 14.3 Å². The van der Waals surface area contributed by atoms with Gasteiger partial charge in [0.05, 0.1) is 12.2 Å². The summed E-state index contributed by atoms with van der Waals surface area (Å²) in [7, 11) is 0. The Labute approximate surface area is 194 Å². The lowest BCUT2D eigenvalue weighted by atomic mass is 9.82. The minimum Gasteiger partial charge on any atom is -0.462 e. The van der Waals surface area contributed by atoms with E-state index < -0.39 is 0 Å². The molecule has 2 heterocycles. The van der Waals surface area contributed by atoms with Crippen molar-refractivity contribution in [3.8, 4) is 10.4 Å². The Bertz CT molecular complexity index is 911. The number of nitrogens with zero attached hydrogens (tertiary/aromatic N) is 1. The van der Waals surface area contributed by atoms with Crippen LogP contribution in [-0.4, -0.2) is 37.7 Å². The molecule has 0 atom stereocenters. The van der Waals surface area contributed by atoms with E-state index in [-0.39, 0.29) is 23.8 Å². The van der Waals surface area contributed by atoms with Gasteiger partial charge in [-0.25, -0.2) is 4.79 Å². The molecule has 2 aromatic rings. The largest absolute Gasteiger partial charge is 0.462 e. The summed E-state index contributed by atoms with van der Waals surface area (Å²) in [5.74, 6) is 0.502. The first-order valence-electron chi connectivity index (χ1n) is 11.9. The van der Waals surface area contributed by atoms with Crippen molar-refractivity contribution >= 4 is 28.2 Å². The number of benzene rings is 1. The second kappa shape index (κ2) is 10.6. The van der Waals surface area contributed by atoms with Gasteiger partial charge in [-0.1, -0.05) is 37.3 Å². The standard InChI is InChI=1S/C26H33NO4S/c1-3-31-26(29)22-17-23(19-7-5-4-6-8-19)32-25(22)27(21-13-15-30-16-14-21)24(28)20-11-9-18(2)10-12-20/h4-8,17-18,20-21H,3,9-16H2,1-2H3. The second-order valence-electron chi connectivity index (χ2n) is 8.92. The van der Waals surface area contributed by atoms with Crippen LogP contribution in [0.3, 0.4) is 0 Å². The smallest absolute Gasteiger partial charge is 0.341 e. The Morgan fingerprint density at radius 2 is 1.75 bits per heavy atom. The fourth-order valence-electron chi connectivity index (χ4n) is 4.75. The summed E-state index contributed by atoms with van der Waals surface area (Å²) < 4.78 is 11.0. The maximum atomic E-state index is 13.9. The summed E-state index contributed by atoms with van der Waals surface area (Å²) in [6.07, 6.45) is 5.59. The molecule has 0 spiro atoms. The number of rotatable bonds is 6. The van der Waals surface area contributed by atoms with Crippen LogP contribution in [0.1, 0.15) is 62.7 Å². The molecule has 1 saturated heterocycles. The maximum Gasteiger partial charge on any atom is 0.341 e. The Morgan fingerprint density at radius 1 is 1.06 bits per heavy atom. The van der Waals surface area contributed by atoms with Gasteiger partial charge in [-0.05, 0) is 63.0 Å². The van der Waals surface area contributed by atoms with Crippen LogP contribution in [0.15, 0.2) is 36.4 Å². The van der Waals surface area contributed by atoms with Gasteiger partial charge in [-0.3, -0.25) is 9.69 Å². The molecular formula is C26H33NO4S. The van der Waals surface area contributed by atoms with Crippen molar-refractivity contribution in [2.24, 2.45) is 11.8 Å². The number of thiophene rings is 1. The third kappa shape index (κ3) is 5.07. The number of ether oxygens (including phenoxy) is 2. The summed E-state index contributed by atoms with van der Waals surface area (Å²) in [6, 6.07) is 12.0. The van der Waals surface area contributed by atoms with Gasteiger partial charge in [0.1, 0.15) is 5.00 Å². The fraction of sp³-hybridized carbons (Fsp3) is 0.538. The minimum absolute atomic E-state index is 0.0198. The lowest BCUT2D eigenvalue weighted by molar-refractivity contribution is -0.124. The van der Waals surface area contributed by atoms with Gasteiger partial charge < -0.3 is 9.47 Å². The first-order valence-corrected chi connectivity index (χ1v) is 12.7.